The van der Waals surface area contributed by atoms with E-state index in [9.17, 15) is 4.79 Å². The van der Waals surface area contributed by atoms with Gasteiger partial charge in [0.05, 0.1) is 19.0 Å². The molecule has 1 aromatic rings. The second kappa shape index (κ2) is 7.53. The normalized spacial score (nSPS) is 12.2. The van der Waals surface area contributed by atoms with Crippen LogP contribution in [0.25, 0.3) is 0 Å². The summed E-state index contributed by atoms with van der Waals surface area (Å²) in [5.41, 5.74) is 1.00. The van der Waals surface area contributed by atoms with Gasteiger partial charge in [-0.3, -0.25) is 4.79 Å². The van der Waals surface area contributed by atoms with Crippen LogP contribution < -0.4 is 9.47 Å². The van der Waals surface area contributed by atoms with E-state index in [-0.39, 0.29) is 16.7 Å². The number of halogens is 1. The average molecular weight is 344 g/mol. The van der Waals surface area contributed by atoms with Crippen molar-refractivity contribution in [3.05, 3.63) is 23.8 Å². The molecule has 0 saturated heterocycles. The van der Waals surface area contributed by atoms with Crippen molar-refractivity contribution in [1.29, 1.82) is 0 Å². The van der Waals surface area contributed by atoms with Crippen LogP contribution in [-0.2, 0) is 11.3 Å². The summed E-state index contributed by atoms with van der Waals surface area (Å²) in [7, 11) is 5.00. The van der Waals surface area contributed by atoms with E-state index in [1.54, 1.807) is 26.2 Å². The van der Waals surface area contributed by atoms with Crippen LogP contribution in [0.3, 0.4) is 0 Å². The molecule has 0 aromatic heterocycles. The molecule has 0 aliphatic rings. The van der Waals surface area contributed by atoms with Crippen LogP contribution in [-0.4, -0.2) is 36.9 Å². The van der Waals surface area contributed by atoms with Crippen molar-refractivity contribution in [1.82, 2.24) is 4.90 Å². The molecule has 0 heterocycles. The number of carbonyl (C=O) groups is 1. The number of amides is 1. The van der Waals surface area contributed by atoms with Gasteiger partial charge in [0.2, 0.25) is 5.91 Å². The molecular weight excluding hydrogens is 322 g/mol. The second-order valence-electron chi connectivity index (χ2n) is 5.03. The molecule has 20 heavy (non-hydrogen) atoms. The molecule has 1 atom stereocenters. The van der Waals surface area contributed by atoms with Gasteiger partial charge < -0.3 is 14.4 Å². The molecule has 0 radical (unpaired) electrons. The highest BCUT2D eigenvalue weighted by atomic mass is 79.9. The number of hydrogen-bond donors (Lipinski definition) is 0. The van der Waals surface area contributed by atoms with E-state index in [1.165, 1.54) is 0 Å². The first kappa shape index (κ1) is 16.8. The number of ether oxygens (including phenoxy) is 2. The Balaban J connectivity index is 2.80. The van der Waals surface area contributed by atoms with E-state index in [4.69, 9.17) is 9.47 Å². The minimum absolute atomic E-state index is 0.0785. The Morgan fingerprint density at radius 2 is 1.85 bits per heavy atom. The zero-order valence-corrected chi connectivity index (χ0v) is 14.2. The Kier molecular flexibility index (Phi) is 6.33. The quantitative estimate of drug-likeness (QED) is 0.745. The summed E-state index contributed by atoms with van der Waals surface area (Å²) in [5.74, 6) is 1.70. The lowest BCUT2D eigenvalue weighted by Crippen LogP contribution is -2.35. The lowest BCUT2D eigenvalue weighted by Gasteiger charge is -2.23. The van der Waals surface area contributed by atoms with Crippen molar-refractivity contribution in [3.8, 4) is 11.5 Å². The first-order valence-corrected chi connectivity index (χ1v) is 7.42. The molecule has 0 aliphatic heterocycles. The van der Waals surface area contributed by atoms with Crippen LogP contribution in [0.5, 0.6) is 11.5 Å². The summed E-state index contributed by atoms with van der Waals surface area (Å²) in [6.45, 7) is 4.57. The van der Waals surface area contributed by atoms with Crippen molar-refractivity contribution < 1.29 is 14.3 Å². The predicted octanol–water partition coefficient (Wildman–Crippen LogP) is 3.08. The molecule has 5 heteroatoms. The Labute approximate surface area is 129 Å². The summed E-state index contributed by atoms with van der Waals surface area (Å²) >= 11 is 3.44. The van der Waals surface area contributed by atoms with Crippen molar-refractivity contribution in [2.45, 2.75) is 25.2 Å². The third kappa shape index (κ3) is 4.13. The summed E-state index contributed by atoms with van der Waals surface area (Å²) in [6, 6.07) is 5.67. The Morgan fingerprint density at radius 1 is 1.25 bits per heavy atom. The van der Waals surface area contributed by atoms with Crippen LogP contribution in [0.4, 0.5) is 0 Å². The number of nitrogens with zero attached hydrogens (tertiary/aromatic N) is 1. The highest BCUT2D eigenvalue weighted by molar-refractivity contribution is 9.10. The van der Waals surface area contributed by atoms with E-state index in [1.807, 2.05) is 32.0 Å². The minimum Gasteiger partial charge on any atom is -0.493 e. The van der Waals surface area contributed by atoms with Gasteiger partial charge in [-0.25, -0.2) is 0 Å². The predicted molar refractivity (Wildman–Crippen MR) is 83.6 cm³/mol. The zero-order valence-electron chi connectivity index (χ0n) is 12.6. The monoisotopic (exact) mass is 343 g/mol. The fourth-order valence-electron chi connectivity index (χ4n) is 1.83. The number of alkyl halides is 1. The van der Waals surface area contributed by atoms with Gasteiger partial charge >= 0.3 is 0 Å². The van der Waals surface area contributed by atoms with Gasteiger partial charge in [-0.05, 0) is 23.6 Å². The summed E-state index contributed by atoms with van der Waals surface area (Å²) < 4.78 is 10.5. The maximum atomic E-state index is 12.2. The van der Waals surface area contributed by atoms with E-state index in [0.29, 0.717) is 18.0 Å². The van der Waals surface area contributed by atoms with Crippen LogP contribution in [0.15, 0.2) is 18.2 Å². The van der Waals surface area contributed by atoms with Crippen molar-refractivity contribution in [2.24, 2.45) is 5.92 Å². The summed E-state index contributed by atoms with van der Waals surface area (Å²) in [4.78, 5) is 13.7. The van der Waals surface area contributed by atoms with Gasteiger partial charge in [0, 0.05) is 13.6 Å². The largest absolute Gasteiger partial charge is 0.493 e. The molecule has 0 saturated carbocycles. The molecule has 1 unspecified atom stereocenters. The fraction of sp³-hybridized carbons (Fsp3) is 0.533. The molecular formula is C15H22BrNO3. The molecule has 0 fully saturated rings. The highest BCUT2D eigenvalue weighted by Gasteiger charge is 2.22. The molecule has 1 aromatic carbocycles. The van der Waals surface area contributed by atoms with Crippen LogP contribution >= 0.6 is 15.9 Å². The fourth-order valence-corrected chi connectivity index (χ4v) is 2.18. The second-order valence-corrected chi connectivity index (χ2v) is 6.02. The number of rotatable bonds is 6. The standard InChI is InChI=1S/C15H22BrNO3/c1-10(2)14(16)15(18)17(3)9-11-6-7-12(19-4)13(8-11)20-5/h6-8,10,14H,9H2,1-5H3. The summed E-state index contributed by atoms with van der Waals surface area (Å²) in [5, 5.41) is 0. The number of methoxy groups -OCH3 is 2. The third-order valence-electron chi connectivity index (χ3n) is 3.07. The van der Waals surface area contributed by atoms with Gasteiger partial charge in [0.15, 0.2) is 11.5 Å². The van der Waals surface area contributed by atoms with Gasteiger partial charge in [0.25, 0.3) is 0 Å². The highest BCUT2D eigenvalue weighted by Crippen LogP contribution is 2.28. The average Bonchev–Trinajstić information content (AvgIpc) is 2.45. The Bertz CT molecular complexity index is 462. The van der Waals surface area contributed by atoms with E-state index < -0.39 is 0 Å². The Hall–Kier alpha value is -1.23. The maximum Gasteiger partial charge on any atom is 0.236 e. The maximum absolute atomic E-state index is 12.2. The van der Waals surface area contributed by atoms with Crippen molar-refractivity contribution >= 4 is 21.8 Å². The van der Waals surface area contributed by atoms with Gasteiger partial charge in [-0.15, -0.1) is 0 Å². The minimum atomic E-state index is -0.160. The topological polar surface area (TPSA) is 38.8 Å². The van der Waals surface area contributed by atoms with Gasteiger partial charge in [-0.2, -0.15) is 0 Å². The third-order valence-corrected chi connectivity index (χ3v) is 4.51. The molecule has 1 amide bonds. The van der Waals surface area contributed by atoms with Crippen LogP contribution in [0.1, 0.15) is 19.4 Å². The van der Waals surface area contributed by atoms with Crippen LogP contribution in [0.2, 0.25) is 0 Å². The SMILES string of the molecule is COc1ccc(CN(C)C(=O)C(Br)C(C)C)cc1OC. The van der Waals surface area contributed by atoms with Gasteiger partial charge in [-0.1, -0.05) is 35.8 Å². The lowest BCUT2D eigenvalue weighted by molar-refractivity contribution is -0.130. The van der Waals surface area contributed by atoms with E-state index >= 15 is 0 Å². The first-order valence-electron chi connectivity index (χ1n) is 6.50. The van der Waals surface area contributed by atoms with Crippen molar-refractivity contribution in [3.63, 3.8) is 0 Å². The first-order chi connectivity index (χ1) is 9.40. The van der Waals surface area contributed by atoms with E-state index in [0.717, 1.165) is 5.56 Å². The summed E-state index contributed by atoms with van der Waals surface area (Å²) in [6.07, 6.45) is 0. The van der Waals surface area contributed by atoms with Crippen LogP contribution in [0, 0.1) is 5.92 Å². The molecule has 1 rings (SSSR count). The number of carbonyl (C=O) groups excluding carboxylic acids is 1. The zero-order chi connectivity index (χ0) is 15.3. The number of hydrogen-bond acceptors (Lipinski definition) is 3. The molecule has 0 spiro atoms. The number of benzene rings is 1. The van der Waals surface area contributed by atoms with Gasteiger partial charge in [0.1, 0.15) is 0 Å². The smallest absolute Gasteiger partial charge is 0.236 e. The molecule has 4 nitrogen and oxygen atoms in total. The van der Waals surface area contributed by atoms with Crippen molar-refractivity contribution in [2.75, 3.05) is 21.3 Å². The Morgan fingerprint density at radius 3 is 2.35 bits per heavy atom. The molecule has 112 valence electrons. The molecule has 0 aliphatic carbocycles. The molecule has 0 bridgehead atoms. The van der Waals surface area contributed by atoms with E-state index in [2.05, 4.69) is 15.9 Å². The lowest BCUT2D eigenvalue weighted by atomic mass is 10.1. The molecule has 0 N–H and O–H groups in total.